The summed E-state index contributed by atoms with van der Waals surface area (Å²) in [6.07, 6.45) is 2.41. The van der Waals surface area contributed by atoms with Crippen molar-refractivity contribution in [3.8, 4) is 11.3 Å². The predicted molar refractivity (Wildman–Crippen MR) is 121 cm³/mol. The molecule has 0 saturated carbocycles. The van der Waals surface area contributed by atoms with Crippen molar-refractivity contribution in [3.05, 3.63) is 69.6 Å². The molecule has 1 aliphatic heterocycles. The fraction of sp³-hybridized carbons (Fsp3) is 0.273. The number of para-hydroxylation sites is 1. The maximum absolute atomic E-state index is 12.6. The number of aromatic nitrogens is 1. The van der Waals surface area contributed by atoms with Gasteiger partial charge in [-0.25, -0.2) is 4.98 Å². The number of aryl methyl sites for hydroxylation is 1. The molecule has 0 atom stereocenters. The molecule has 4 rings (SSSR count). The lowest BCUT2D eigenvalue weighted by atomic mass is 10.2. The van der Waals surface area contributed by atoms with Crippen molar-refractivity contribution in [3.63, 3.8) is 0 Å². The number of halogens is 3. The number of hydrogen-bond acceptors (Lipinski definition) is 4. The van der Waals surface area contributed by atoms with Crippen molar-refractivity contribution in [2.24, 2.45) is 0 Å². The largest absolute Gasteiger partial charge is 0.441 e. The molecule has 1 saturated heterocycles. The van der Waals surface area contributed by atoms with Crippen LogP contribution < -0.4 is 4.90 Å². The molecule has 1 aromatic heterocycles. The van der Waals surface area contributed by atoms with Crippen molar-refractivity contribution >= 4 is 46.4 Å². The zero-order valence-electron chi connectivity index (χ0n) is 16.2. The number of rotatable bonds is 5. The Labute approximate surface area is 190 Å². The van der Waals surface area contributed by atoms with Gasteiger partial charge in [-0.3, -0.25) is 4.79 Å². The lowest BCUT2D eigenvalue weighted by Gasteiger charge is -2.36. The molecule has 1 aliphatic rings. The molecular weight excluding hydrogens is 445 g/mol. The van der Waals surface area contributed by atoms with Crippen LogP contribution in [0.25, 0.3) is 11.3 Å². The summed E-state index contributed by atoms with van der Waals surface area (Å²) in [5.74, 6) is 1.17. The summed E-state index contributed by atoms with van der Waals surface area (Å²) < 4.78 is 5.78. The first-order valence-corrected chi connectivity index (χ1v) is 10.8. The lowest BCUT2D eigenvalue weighted by molar-refractivity contribution is -0.131. The van der Waals surface area contributed by atoms with Gasteiger partial charge >= 0.3 is 0 Å². The topological polar surface area (TPSA) is 49.6 Å². The van der Waals surface area contributed by atoms with E-state index in [1.807, 2.05) is 29.2 Å². The highest BCUT2D eigenvalue weighted by molar-refractivity contribution is 6.36. The van der Waals surface area contributed by atoms with Crippen molar-refractivity contribution < 1.29 is 9.21 Å². The Morgan fingerprint density at radius 3 is 2.50 bits per heavy atom. The molecule has 0 spiro atoms. The first kappa shape index (κ1) is 21.0. The molecule has 2 heterocycles. The Morgan fingerprint density at radius 2 is 1.77 bits per heavy atom. The Bertz CT molecular complexity index is 1050. The van der Waals surface area contributed by atoms with E-state index in [0.29, 0.717) is 47.6 Å². The van der Waals surface area contributed by atoms with E-state index in [4.69, 9.17) is 39.2 Å². The van der Waals surface area contributed by atoms with Crippen LogP contribution in [0.4, 0.5) is 5.69 Å². The first-order valence-electron chi connectivity index (χ1n) is 9.68. The number of carbonyl (C=O) groups is 1. The van der Waals surface area contributed by atoms with Crippen molar-refractivity contribution in [2.45, 2.75) is 12.8 Å². The number of piperazine rings is 1. The Balaban J connectivity index is 1.30. The van der Waals surface area contributed by atoms with E-state index in [1.54, 1.807) is 24.4 Å². The van der Waals surface area contributed by atoms with Gasteiger partial charge in [0, 0.05) is 49.6 Å². The molecule has 30 heavy (non-hydrogen) atoms. The molecule has 0 N–H and O–H groups in total. The van der Waals surface area contributed by atoms with Gasteiger partial charge in [-0.05, 0) is 30.3 Å². The van der Waals surface area contributed by atoms with E-state index in [9.17, 15) is 4.79 Å². The minimum absolute atomic E-state index is 0.0954. The van der Waals surface area contributed by atoms with Crippen LogP contribution in [0.3, 0.4) is 0 Å². The van der Waals surface area contributed by atoms with Crippen molar-refractivity contribution in [2.75, 3.05) is 31.1 Å². The average molecular weight is 465 g/mol. The molecule has 0 unspecified atom stereocenters. The third-order valence-electron chi connectivity index (χ3n) is 5.13. The summed E-state index contributed by atoms with van der Waals surface area (Å²) >= 11 is 18.4. The van der Waals surface area contributed by atoms with Gasteiger partial charge in [0.25, 0.3) is 0 Å². The maximum atomic E-state index is 12.6. The van der Waals surface area contributed by atoms with Crippen LogP contribution in [0, 0.1) is 0 Å². The SMILES string of the molecule is O=C(CCc1ncc(-c2ccc(Cl)cc2Cl)o1)N1CCN(c2ccccc2Cl)CC1. The van der Waals surface area contributed by atoms with Crippen LogP contribution in [0.2, 0.25) is 15.1 Å². The van der Waals surface area contributed by atoms with Crippen LogP contribution in [0.5, 0.6) is 0 Å². The molecule has 5 nitrogen and oxygen atoms in total. The second-order valence-electron chi connectivity index (χ2n) is 7.06. The Hall–Kier alpha value is -2.21. The quantitative estimate of drug-likeness (QED) is 0.494. The van der Waals surface area contributed by atoms with E-state index in [2.05, 4.69) is 9.88 Å². The molecule has 156 valence electrons. The van der Waals surface area contributed by atoms with Crippen LogP contribution in [0.1, 0.15) is 12.3 Å². The normalized spacial score (nSPS) is 14.2. The molecule has 0 bridgehead atoms. The number of carbonyl (C=O) groups excluding carboxylic acids is 1. The zero-order valence-corrected chi connectivity index (χ0v) is 18.4. The summed E-state index contributed by atoms with van der Waals surface area (Å²) in [5.41, 5.74) is 1.74. The van der Waals surface area contributed by atoms with Gasteiger partial charge in [0.2, 0.25) is 5.91 Å². The molecule has 0 aliphatic carbocycles. The summed E-state index contributed by atoms with van der Waals surface area (Å²) in [7, 11) is 0. The second kappa shape index (κ2) is 9.29. The van der Waals surface area contributed by atoms with Gasteiger partial charge in [0.1, 0.15) is 0 Å². The molecule has 8 heteroatoms. The fourth-order valence-corrected chi connectivity index (χ4v) is 4.27. The number of oxazole rings is 1. The highest BCUT2D eigenvalue weighted by atomic mass is 35.5. The molecule has 0 radical (unpaired) electrons. The van der Waals surface area contributed by atoms with Crippen LogP contribution in [-0.2, 0) is 11.2 Å². The minimum Gasteiger partial charge on any atom is -0.441 e. The smallest absolute Gasteiger partial charge is 0.223 e. The molecule has 1 amide bonds. The number of benzene rings is 2. The molecular formula is C22H20Cl3N3O2. The molecule has 1 fully saturated rings. The molecule has 2 aromatic carbocycles. The van der Waals surface area contributed by atoms with E-state index in [-0.39, 0.29) is 5.91 Å². The van der Waals surface area contributed by atoms with Gasteiger partial charge in [0.15, 0.2) is 11.7 Å². The highest BCUT2D eigenvalue weighted by Gasteiger charge is 2.22. The molecule has 3 aromatic rings. The highest BCUT2D eigenvalue weighted by Crippen LogP contribution is 2.31. The van der Waals surface area contributed by atoms with Gasteiger partial charge < -0.3 is 14.2 Å². The van der Waals surface area contributed by atoms with Gasteiger partial charge in [-0.2, -0.15) is 0 Å². The van der Waals surface area contributed by atoms with Gasteiger partial charge in [0.05, 0.1) is 21.9 Å². The third-order valence-corrected chi connectivity index (χ3v) is 6.00. The Morgan fingerprint density at radius 1 is 1.00 bits per heavy atom. The van der Waals surface area contributed by atoms with Gasteiger partial charge in [-0.15, -0.1) is 0 Å². The van der Waals surface area contributed by atoms with Crippen molar-refractivity contribution in [1.29, 1.82) is 0 Å². The van der Waals surface area contributed by atoms with E-state index in [1.165, 1.54) is 0 Å². The number of hydrogen-bond donors (Lipinski definition) is 0. The maximum Gasteiger partial charge on any atom is 0.223 e. The van der Waals surface area contributed by atoms with Crippen molar-refractivity contribution in [1.82, 2.24) is 9.88 Å². The van der Waals surface area contributed by atoms with E-state index < -0.39 is 0 Å². The monoisotopic (exact) mass is 463 g/mol. The summed E-state index contributed by atoms with van der Waals surface area (Å²) in [6, 6.07) is 13.0. The van der Waals surface area contributed by atoms with Crippen LogP contribution in [0.15, 0.2) is 53.1 Å². The summed E-state index contributed by atoms with van der Waals surface area (Å²) in [6.45, 7) is 2.85. The lowest BCUT2D eigenvalue weighted by Crippen LogP contribution is -2.48. The summed E-state index contributed by atoms with van der Waals surface area (Å²) in [4.78, 5) is 21.0. The second-order valence-corrected chi connectivity index (χ2v) is 8.31. The number of nitrogens with zero attached hydrogens (tertiary/aromatic N) is 3. The minimum atomic E-state index is 0.0954. The zero-order chi connectivity index (χ0) is 21.1. The van der Waals surface area contributed by atoms with E-state index >= 15 is 0 Å². The van der Waals surface area contributed by atoms with Crippen LogP contribution in [-0.4, -0.2) is 42.0 Å². The fourth-order valence-electron chi connectivity index (χ4n) is 3.52. The third kappa shape index (κ3) is 4.75. The number of anilines is 1. The van der Waals surface area contributed by atoms with Crippen LogP contribution >= 0.6 is 34.8 Å². The predicted octanol–water partition coefficient (Wildman–Crippen LogP) is 5.58. The average Bonchev–Trinajstić information content (AvgIpc) is 3.21. The number of amides is 1. The Kier molecular flexibility index (Phi) is 6.52. The summed E-state index contributed by atoms with van der Waals surface area (Å²) in [5, 5.41) is 1.79. The van der Waals surface area contributed by atoms with Gasteiger partial charge in [-0.1, -0.05) is 46.9 Å². The first-order chi connectivity index (χ1) is 14.5. The standard InChI is InChI=1S/C22H20Cl3N3O2/c23-15-5-6-16(18(25)13-15)20-14-26-21(30-20)7-8-22(29)28-11-9-27(10-12-28)19-4-2-1-3-17(19)24/h1-6,13-14H,7-12H2. The van der Waals surface area contributed by atoms with E-state index in [0.717, 1.165) is 29.4 Å².